The molecule has 0 aliphatic rings. The molecule has 0 saturated carbocycles. The zero-order chi connectivity index (χ0) is 9.40. The number of hydrogen-bond acceptors (Lipinski definition) is 5. The molecule has 1 N–H and O–H groups in total. The SMILES string of the molecule is O=C(O)CCSCCC(=O)OS. The van der Waals surface area contributed by atoms with E-state index in [9.17, 15) is 9.59 Å². The Bertz CT molecular complexity index is 160. The predicted molar refractivity (Wildman–Crippen MR) is 49.3 cm³/mol. The highest BCUT2D eigenvalue weighted by Gasteiger charge is 2.01. The van der Waals surface area contributed by atoms with E-state index < -0.39 is 5.97 Å². The van der Waals surface area contributed by atoms with E-state index in [0.29, 0.717) is 11.5 Å². The third kappa shape index (κ3) is 7.74. The monoisotopic (exact) mass is 210 g/mol. The van der Waals surface area contributed by atoms with Gasteiger partial charge in [0.15, 0.2) is 0 Å². The van der Waals surface area contributed by atoms with Crippen molar-refractivity contribution >= 4 is 36.6 Å². The van der Waals surface area contributed by atoms with Crippen LogP contribution >= 0.6 is 24.7 Å². The number of rotatable bonds is 6. The molecule has 0 aliphatic heterocycles. The smallest absolute Gasteiger partial charge is 0.318 e. The lowest BCUT2D eigenvalue weighted by atomic mass is 10.5. The van der Waals surface area contributed by atoms with E-state index in [2.05, 4.69) is 17.1 Å². The molecule has 0 rings (SSSR count). The molecule has 6 heteroatoms. The van der Waals surface area contributed by atoms with Crippen molar-refractivity contribution in [3.8, 4) is 0 Å². The van der Waals surface area contributed by atoms with Gasteiger partial charge in [-0.2, -0.15) is 11.8 Å². The molecule has 0 saturated heterocycles. The van der Waals surface area contributed by atoms with Gasteiger partial charge in [-0.05, 0) is 0 Å². The fourth-order valence-corrected chi connectivity index (χ4v) is 1.39. The van der Waals surface area contributed by atoms with Crippen LogP contribution in [0.15, 0.2) is 0 Å². The lowest BCUT2D eigenvalue weighted by molar-refractivity contribution is -0.136. The van der Waals surface area contributed by atoms with Gasteiger partial charge in [0, 0.05) is 24.4 Å². The van der Waals surface area contributed by atoms with Crippen LogP contribution in [0.1, 0.15) is 12.8 Å². The molecule has 0 fully saturated rings. The van der Waals surface area contributed by atoms with Crippen LogP contribution < -0.4 is 0 Å². The van der Waals surface area contributed by atoms with Crippen molar-refractivity contribution < 1.29 is 18.9 Å². The largest absolute Gasteiger partial charge is 0.481 e. The molecule has 0 atom stereocenters. The number of thioether (sulfide) groups is 1. The Morgan fingerprint density at radius 2 is 1.92 bits per heavy atom. The van der Waals surface area contributed by atoms with Gasteiger partial charge in [0.2, 0.25) is 0 Å². The summed E-state index contributed by atoms with van der Waals surface area (Å²) < 4.78 is 4.10. The van der Waals surface area contributed by atoms with Gasteiger partial charge in [-0.15, -0.1) is 0 Å². The van der Waals surface area contributed by atoms with Crippen LogP contribution in [-0.2, 0) is 13.8 Å². The number of carboxylic acids is 1. The van der Waals surface area contributed by atoms with Crippen molar-refractivity contribution in [3.63, 3.8) is 0 Å². The average Bonchev–Trinajstić information content (AvgIpc) is 2.03. The third-order valence-corrected chi connectivity index (χ3v) is 2.20. The number of hydrogen-bond donors (Lipinski definition) is 2. The van der Waals surface area contributed by atoms with E-state index >= 15 is 0 Å². The molecule has 0 radical (unpaired) electrons. The normalized spacial score (nSPS) is 9.42. The van der Waals surface area contributed by atoms with Gasteiger partial charge >= 0.3 is 11.9 Å². The number of carbonyl (C=O) groups excluding carboxylic acids is 1. The van der Waals surface area contributed by atoms with Gasteiger partial charge in [0.05, 0.1) is 12.8 Å². The lowest BCUT2D eigenvalue weighted by Crippen LogP contribution is -2.00. The van der Waals surface area contributed by atoms with Crippen molar-refractivity contribution in [1.29, 1.82) is 0 Å². The van der Waals surface area contributed by atoms with E-state index in [-0.39, 0.29) is 18.8 Å². The molecule has 0 aromatic heterocycles. The van der Waals surface area contributed by atoms with Crippen LogP contribution in [0.25, 0.3) is 0 Å². The minimum Gasteiger partial charge on any atom is -0.481 e. The standard InChI is InChI=1S/C6H10O4S2/c7-5(8)1-3-12-4-2-6(9)10-11/h11H,1-4H2,(H,7,8). The summed E-state index contributed by atoms with van der Waals surface area (Å²) in [6.45, 7) is 0. The minimum absolute atomic E-state index is 0.126. The summed E-state index contributed by atoms with van der Waals surface area (Å²) in [6.07, 6.45) is 0.397. The van der Waals surface area contributed by atoms with E-state index in [1.54, 1.807) is 0 Å². The second kappa shape index (κ2) is 7.30. The minimum atomic E-state index is -0.820. The molecule has 0 aromatic rings. The van der Waals surface area contributed by atoms with Gasteiger partial charge in [-0.3, -0.25) is 9.59 Å². The second-order valence-electron chi connectivity index (χ2n) is 1.97. The highest BCUT2D eigenvalue weighted by atomic mass is 32.2. The second-order valence-corrected chi connectivity index (χ2v) is 3.38. The first-order chi connectivity index (χ1) is 5.66. The van der Waals surface area contributed by atoms with Gasteiger partial charge in [0.25, 0.3) is 0 Å². The van der Waals surface area contributed by atoms with E-state index in [1.807, 2.05) is 0 Å². The lowest BCUT2D eigenvalue weighted by Gasteiger charge is -1.97. The van der Waals surface area contributed by atoms with Crippen LogP contribution in [0, 0.1) is 0 Å². The fraction of sp³-hybridized carbons (Fsp3) is 0.667. The van der Waals surface area contributed by atoms with Crippen molar-refractivity contribution in [2.45, 2.75) is 12.8 Å². The van der Waals surface area contributed by atoms with Gasteiger partial charge in [-0.25, -0.2) is 0 Å². The van der Waals surface area contributed by atoms with Crippen molar-refractivity contribution in [2.24, 2.45) is 0 Å². The van der Waals surface area contributed by atoms with Gasteiger partial charge in [0.1, 0.15) is 0 Å². The van der Waals surface area contributed by atoms with Crippen molar-refractivity contribution in [3.05, 3.63) is 0 Å². The molecular weight excluding hydrogens is 200 g/mol. The van der Waals surface area contributed by atoms with E-state index in [4.69, 9.17) is 5.11 Å². The highest BCUT2D eigenvalue weighted by molar-refractivity contribution is 7.99. The summed E-state index contributed by atoms with van der Waals surface area (Å²) in [5, 5.41) is 8.25. The average molecular weight is 210 g/mol. The van der Waals surface area contributed by atoms with Gasteiger partial charge in [-0.1, -0.05) is 0 Å². The Hall–Kier alpha value is -0.360. The van der Waals surface area contributed by atoms with Crippen LogP contribution in [-0.4, -0.2) is 28.6 Å². The first-order valence-electron chi connectivity index (χ1n) is 3.30. The number of aliphatic carboxylic acids is 1. The Morgan fingerprint density at radius 3 is 2.42 bits per heavy atom. The Labute approximate surface area is 80.3 Å². The molecular formula is C6H10O4S2. The highest BCUT2D eigenvalue weighted by Crippen LogP contribution is 2.05. The predicted octanol–water partition coefficient (Wildman–Crippen LogP) is 0.972. The number of carbonyl (C=O) groups is 2. The zero-order valence-corrected chi connectivity index (χ0v) is 8.07. The first-order valence-corrected chi connectivity index (χ1v) is 4.82. The van der Waals surface area contributed by atoms with E-state index in [0.717, 1.165) is 0 Å². The topological polar surface area (TPSA) is 63.6 Å². The van der Waals surface area contributed by atoms with Crippen molar-refractivity contribution in [2.75, 3.05) is 11.5 Å². The maximum absolute atomic E-state index is 10.5. The van der Waals surface area contributed by atoms with Crippen LogP contribution in [0.3, 0.4) is 0 Å². The zero-order valence-electron chi connectivity index (χ0n) is 6.36. The molecule has 0 heterocycles. The van der Waals surface area contributed by atoms with E-state index in [1.165, 1.54) is 11.8 Å². The third-order valence-electron chi connectivity index (χ3n) is 1.01. The maximum Gasteiger partial charge on any atom is 0.318 e. The van der Waals surface area contributed by atoms with Crippen LogP contribution in [0.5, 0.6) is 0 Å². The number of carboxylic acid groups (broad SMARTS) is 1. The molecule has 0 amide bonds. The Balaban J connectivity index is 3.11. The molecule has 0 aromatic carbocycles. The summed E-state index contributed by atoms with van der Waals surface area (Å²) in [5.41, 5.74) is 0. The van der Waals surface area contributed by atoms with Crippen LogP contribution in [0.4, 0.5) is 0 Å². The molecule has 12 heavy (non-hydrogen) atoms. The molecule has 0 unspecified atom stereocenters. The quantitative estimate of drug-likeness (QED) is 0.388. The van der Waals surface area contributed by atoms with Crippen LogP contribution in [0.2, 0.25) is 0 Å². The summed E-state index contributed by atoms with van der Waals surface area (Å²) in [6, 6.07) is 0. The van der Waals surface area contributed by atoms with Crippen molar-refractivity contribution in [1.82, 2.24) is 0 Å². The first kappa shape index (κ1) is 11.6. The summed E-state index contributed by atoms with van der Waals surface area (Å²) in [4.78, 5) is 20.5. The molecule has 4 nitrogen and oxygen atoms in total. The molecule has 0 bridgehead atoms. The van der Waals surface area contributed by atoms with Gasteiger partial charge < -0.3 is 9.29 Å². The fourth-order valence-electron chi connectivity index (χ4n) is 0.463. The summed E-state index contributed by atoms with van der Waals surface area (Å²) in [7, 11) is 0. The number of thiol groups is 1. The summed E-state index contributed by atoms with van der Waals surface area (Å²) in [5.74, 6) is -0.109. The Kier molecular flexibility index (Phi) is 7.08. The molecule has 0 aliphatic carbocycles. The summed E-state index contributed by atoms with van der Waals surface area (Å²) >= 11 is 4.73. The molecule has 0 spiro atoms. The maximum atomic E-state index is 10.5. The Morgan fingerprint density at radius 1 is 1.33 bits per heavy atom. The molecule has 70 valence electrons.